The second-order valence-corrected chi connectivity index (χ2v) is 4.89. The van der Waals surface area contributed by atoms with Crippen LogP contribution in [0.5, 0.6) is 5.75 Å². The van der Waals surface area contributed by atoms with Gasteiger partial charge in [-0.25, -0.2) is 4.99 Å². The average molecular weight is 298 g/mol. The first-order valence-electron chi connectivity index (χ1n) is 6.40. The molecule has 0 spiro atoms. The normalized spacial score (nSPS) is 11.1. The lowest BCUT2D eigenvalue weighted by molar-refractivity contribution is 0.477. The Morgan fingerprint density at radius 1 is 0.952 bits per heavy atom. The Morgan fingerprint density at radius 2 is 1.71 bits per heavy atom. The Balaban J connectivity index is 1.82. The van der Waals surface area contributed by atoms with Crippen molar-refractivity contribution in [2.24, 2.45) is 4.99 Å². The lowest BCUT2D eigenvalue weighted by atomic mass is 10.2. The molecule has 104 valence electrons. The van der Waals surface area contributed by atoms with E-state index in [-0.39, 0.29) is 5.75 Å². The SMILES string of the molecule is Oc1ccccc1N=Cc1ccc(-c2ccc(Cl)cc2)o1. The van der Waals surface area contributed by atoms with Gasteiger partial charge in [0, 0.05) is 10.6 Å². The third-order valence-electron chi connectivity index (χ3n) is 2.97. The fourth-order valence-corrected chi connectivity index (χ4v) is 2.02. The summed E-state index contributed by atoms with van der Waals surface area (Å²) in [6.45, 7) is 0. The Hall–Kier alpha value is -2.52. The lowest BCUT2D eigenvalue weighted by Gasteiger charge is -1.97. The molecule has 2 aromatic carbocycles. The van der Waals surface area contributed by atoms with Crippen molar-refractivity contribution in [1.29, 1.82) is 0 Å². The summed E-state index contributed by atoms with van der Waals surface area (Å²) < 4.78 is 5.70. The number of aromatic hydroxyl groups is 1. The third kappa shape index (κ3) is 3.15. The predicted molar refractivity (Wildman–Crippen MR) is 84.5 cm³/mol. The molecule has 21 heavy (non-hydrogen) atoms. The number of hydrogen-bond acceptors (Lipinski definition) is 3. The minimum absolute atomic E-state index is 0.137. The standard InChI is InChI=1S/C17H12ClNO2/c18-13-7-5-12(6-8-13)17-10-9-14(21-17)11-19-15-3-1-2-4-16(15)20/h1-11,20H. The van der Waals surface area contributed by atoms with Gasteiger partial charge < -0.3 is 9.52 Å². The number of hydrogen-bond donors (Lipinski definition) is 1. The van der Waals surface area contributed by atoms with Crippen LogP contribution in [0.2, 0.25) is 5.02 Å². The quantitative estimate of drug-likeness (QED) is 0.687. The minimum Gasteiger partial charge on any atom is -0.506 e. The van der Waals surface area contributed by atoms with Gasteiger partial charge in [-0.15, -0.1) is 0 Å². The molecule has 3 rings (SSSR count). The van der Waals surface area contributed by atoms with E-state index in [9.17, 15) is 5.11 Å². The molecule has 0 atom stereocenters. The highest BCUT2D eigenvalue weighted by molar-refractivity contribution is 6.30. The molecule has 0 aliphatic heterocycles. The van der Waals surface area contributed by atoms with Gasteiger partial charge in [0.25, 0.3) is 0 Å². The highest BCUT2D eigenvalue weighted by Gasteiger charge is 2.03. The highest BCUT2D eigenvalue weighted by atomic mass is 35.5. The monoisotopic (exact) mass is 297 g/mol. The Labute approximate surface area is 127 Å². The molecule has 1 heterocycles. The van der Waals surface area contributed by atoms with E-state index in [1.165, 1.54) is 0 Å². The van der Waals surface area contributed by atoms with Crippen molar-refractivity contribution >= 4 is 23.5 Å². The van der Waals surface area contributed by atoms with Gasteiger partial charge in [-0.3, -0.25) is 0 Å². The molecule has 0 saturated carbocycles. The fraction of sp³-hybridized carbons (Fsp3) is 0. The molecule has 0 aliphatic rings. The maximum Gasteiger partial charge on any atom is 0.145 e. The summed E-state index contributed by atoms with van der Waals surface area (Å²) in [4.78, 5) is 4.21. The van der Waals surface area contributed by atoms with E-state index in [0.29, 0.717) is 16.5 Å². The maximum atomic E-state index is 9.64. The lowest BCUT2D eigenvalue weighted by Crippen LogP contribution is -1.75. The summed E-state index contributed by atoms with van der Waals surface area (Å²) in [6.07, 6.45) is 1.58. The molecule has 0 amide bonds. The number of benzene rings is 2. The second-order valence-electron chi connectivity index (χ2n) is 4.46. The number of phenols is 1. The van der Waals surface area contributed by atoms with Crippen LogP contribution in [0.3, 0.4) is 0 Å². The molecular weight excluding hydrogens is 286 g/mol. The first-order valence-corrected chi connectivity index (χ1v) is 6.78. The number of rotatable bonds is 3. The van der Waals surface area contributed by atoms with E-state index in [4.69, 9.17) is 16.0 Å². The molecule has 0 radical (unpaired) electrons. The van der Waals surface area contributed by atoms with Crippen LogP contribution in [0, 0.1) is 0 Å². The van der Waals surface area contributed by atoms with Gasteiger partial charge in [-0.2, -0.15) is 0 Å². The highest BCUT2D eigenvalue weighted by Crippen LogP contribution is 2.26. The van der Waals surface area contributed by atoms with Gasteiger partial charge in [-0.1, -0.05) is 23.7 Å². The summed E-state index contributed by atoms with van der Waals surface area (Å²) in [5.74, 6) is 1.49. The smallest absolute Gasteiger partial charge is 0.145 e. The Morgan fingerprint density at radius 3 is 2.48 bits per heavy atom. The molecule has 1 N–H and O–H groups in total. The molecule has 0 unspecified atom stereocenters. The van der Waals surface area contributed by atoms with E-state index < -0.39 is 0 Å². The van der Waals surface area contributed by atoms with Crippen molar-refractivity contribution in [1.82, 2.24) is 0 Å². The number of halogens is 1. The van der Waals surface area contributed by atoms with Crippen LogP contribution in [0.1, 0.15) is 5.76 Å². The summed E-state index contributed by atoms with van der Waals surface area (Å²) >= 11 is 5.86. The molecule has 0 saturated heterocycles. The maximum absolute atomic E-state index is 9.64. The van der Waals surface area contributed by atoms with Crippen molar-refractivity contribution in [2.75, 3.05) is 0 Å². The molecule has 4 heteroatoms. The van der Waals surface area contributed by atoms with Gasteiger partial charge in [0.15, 0.2) is 0 Å². The van der Waals surface area contributed by atoms with Crippen LogP contribution in [0.15, 0.2) is 70.1 Å². The van der Waals surface area contributed by atoms with Crippen molar-refractivity contribution in [3.8, 4) is 17.1 Å². The zero-order chi connectivity index (χ0) is 14.7. The number of aliphatic imine (C=N–C) groups is 1. The van der Waals surface area contributed by atoms with Crippen LogP contribution in [0.25, 0.3) is 11.3 Å². The summed E-state index contributed by atoms with van der Waals surface area (Å²) in [6, 6.07) is 18.0. The molecule has 3 aromatic rings. The second kappa shape index (κ2) is 5.85. The van der Waals surface area contributed by atoms with E-state index in [1.807, 2.05) is 42.5 Å². The zero-order valence-electron chi connectivity index (χ0n) is 11.0. The van der Waals surface area contributed by atoms with Crippen LogP contribution >= 0.6 is 11.6 Å². The summed E-state index contributed by atoms with van der Waals surface area (Å²) in [7, 11) is 0. The molecule has 0 bridgehead atoms. The number of nitrogens with zero attached hydrogens (tertiary/aromatic N) is 1. The predicted octanol–water partition coefficient (Wildman–Crippen LogP) is 5.06. The first kappa shape index (κ1) is 13.5. The fourth-order valence-electron chi connectivity index (χ4n) is 1.90. The van der Waals surface area contributed by atoms with Crippen molar-refractivity contribution in [2.45, 2.75) is 0 Å². The van der Waals surface area contributed by atoms with Crippen LogP contribution in [-0.2, 0) is 0 Å². The average Bonchev–Trinajstić information content (AvgIpc) is 2.96. The summed E-state index contributed by atoms with van der Waals surface area (Å²) in [5.41, 5.74) is 1.45. The van der Waals surface area contributed by atoms with Crippen molar-refractivity contribution in [3.05, 3.63) is 71.4 Å². The van der Waals surface area contributed by atoms with Crippen molar-refractivity contribution in [3.63, 3.8) is 0 Å². The van der Waals surface area contributed by atoms with E-state index >= 15 is 0 Å². The molecule has 0 fully saturated rings. The molecular formula is C17H12ClNO2. The number of furan rings is 1. The molecule has 3 nitrogen and oxygen atoms in total. The summed E-state index contributed by atoms with van der Waals surface area (Å²) in [5, 5.41) is 10.3. The minimum atomic E-state index is 0.137. The van der Waals surface area contributed by atoms with Gasteiger partial charge in [-0.05, 0) is 48.5 Å². The first-order chi connectivity index (χ1) is 10.2. The van der Waals surface area contributed by atoms with Gasteiger partial charge in [0.05, 0.1) is 6.21 Å². The largest absolute Gasteiger partial charge is 0.506 e. The van der Waals surface area contributed by atoms with E-state index in [1.54, 1.807) is 24.4 Å². The van der Waals surface area contributed by atoms with Gasteiger partial charge >= 0.3 is 0 Å². The number of phenolic OH excluding ortho intramolecular Hbond substituents is 1. The van der Waals surface area contributed by atoms with E-state index in [2.05, 4.69) is 4.99 Å². The van der Waals surface area contributed by atoms with Gasteiger partial charge in [0.2, 0.25) is 0 Å². The van der Waals surface area contributed by atoms with Crippen LogP contribution in [-0.4, -0.2) is 11.3 Å². The van der Waals surface area contributed by atoms with E-state index in [0.717, 1.165) is 11.3 Å². The van der Waals surface area contributed by atoms with Crippen molar-refractivity contribution < 1.29 is 9.52 Å². The zero-order valence-corrected chi connectivity index (χ0v) is 11.8. The van der Waals surface area contributed by atoms with Crippen LogP contribution in [0.4, 0.5) is 5.69 Å². The van der Waals surface area contributed by atoms with Crippen LogP contribution < -0.4 is 0 Å². The molecule has 1 aromatic heterocycles. The van der Waals surface area contributed by atoms with Gasteiger partial charge in [0.1, 0.15) is 23.0 Å². The third-order valence-corrected chi connectivity index (χ3v) is 3.22. The molecule has 0 aliphatic carbocycles. The Kier molecular flexibility index (Phi) is 3.75. The topological polar surface area (TPSA) is 45.7 Å². The Bertz CT molecular complexity index is 775. The number of para-hydroxylation sites is 2.